The van der Waals surface area contributed by atoms with Crippen molar-refractivity contribution in [3.8, 4) is 11.3 Å². The summed E-state index contributed by atoms with van der Waals surface area (Å²) >= 11 is 0. The minimum absolute atomic E-state index is 0.0286. The molecule has 2 fully saturated rings. The third-order valence-corrected chi connectivity index (χ3v) is 9.03. The van der Waals surface area contributed by atoms with Gasteiger partial charge in [-0.15, -0.1) is 0 Å². The zero-order valence-corrected chi connectivity index (χ0v) is 20.6. The zero-order valence-electron chi connectivity index (χ0n) is 20.6. The van der Waals surface area contributed by atoms with E-state index in [9.17, 15) is 23.9 Å². The highest BCUT2D eigenvalue weighted by Crippen LogP contribution is 2.40. The molecule has 192 valence electrons. The zero-order chi connectivity index (χ0) is 25.6. The van der Waals surface area contributed by atoms with Gasteiger partial charge >= 0.3 is 5.97 Å². The van der Waals surface area contributed by atoms with E-state index in [1.807, 2.05) is 0 Å². The summed E-state index contributed by atoms with van der Waals surface area (Å²) in [4.78, 5) is 42.5. The molecule has 0 spiro atoms. The van der Waals surface area contributed by atoms with Crippen molar-refractivity contribution in [3.63, 3.8) is 0 Å². The summed E-state index contributed by atoms with van der Waals surface area (Å²) in [5.74, 6) is -1.30. The number of pyridine rings is 2. The molecule has 0 radical (unpaired) electrons. The second-order valence-corrected chi connectivity index (χ2v) is 10.8. The number of fused-ring (bicyclic) bond motifs is 5. The number of hydrogen-bond donors (Lipinski definition) is 1. The van der Waals surface area contributed by atoms with Gasteiger partial charge in [0, 0.05) is 36.1 Å². The quantitative estimate of drug-likeness (QED) is 0.431. The van der Waals surface area contributed by atoms with Gasteiger partial charge in [-0.3, -0.25) is 14.5 Å². The van der Waals surface area contributed by atoms with E-state index in [4.69, 9.17) is 4.74 Å². The van der Waals surface area contributed by atoms with Gasteiger partial charge in [-0.25, -0.2) is 9.18 Å². The molecule has 1 aromatic carbocycles. The Morgan fingerprint density at radius 1 is 1.14 bits per heavy atom. The molecule has 0 amide bonds. The molecule has 1 saturated carbocycles. The van der Waals surface area contributed by atoms with Gasteiger partial charge in [0.15, 0.2) is 11.0 Å². The summed E-state index contributed by atoms with van der Waals surface area (Å²) < 4.78 is 23.2. The number of aliphatic hydroxyl groups is 1. The van der Waals surface area contributed by atoms with Crippen LogP contribution >= 0.6 is 0 Å². The molecule has 8 nitrogen and oxygen atoms in total. The number of carbonyl (C=O) groups is 1. The Kier molecular flexibility index (Phi) is 4.85. The van der Waals surface area contributed by atoms with E-state index in [1.54, 1.807) is 19.1 Å². The second-order valence-electron chi connectivity index (χ2n) is 10.8. The number of carbonyl (C=O) groups excluding carboxylic acids is 1. The molecular formula is C28H28FN3O5. The van der Waals surface area contributed by atoms with E-state index in [1.165, 1.54) is 36.0 Å². The Hall–Kier alpha value is -3.30. The Morgan fingerprint density at radius 2 is 1.95 bits per heavy atom. The van der Waals surface area contributed by atoms with E-state index < -0.39 is 17.4 Å². The molecule has 9 heteroatoms. The number of nitrogens with zero attached hydrogens (tertiary/aromatic N) is 3. The maximum absolute atomic E-state index is 14.4. The number of ether oxygens (including phenoxy) is 1. The van der Waals surface area contributed by atoms with Gasteiger partial charge in [0.1, 0.15) is 12.4 Å². The van der Waals surface area contributed by atoms with Crippen LogP contribution in [0, 0.1) is 5.82 Å². The Labute approximate surface area is 211 Å². The third-order valence-electron chi connectivity index (χ3n) is 9.03. The van der Waals surface area contributed by atoms with Crippen LogP contribution < -0.4 is 11.0 Å². The highest BCUT2D eigenvalue weighted by atomic mass is 19.1. The number of esters is 1. The molecule has 2 atom stereocenters. The third kappa shape index (κ3) is 3.04. The summed E-state index contributed by atoms with van der Waals surface area (Å²) in [6.07, 6.45) is 4.59. The fourth-order valence-corrected chi connectivity index (χ4v) is 6.74. The van der Waals surface area contributed by atoms with Gasteiger partial charge in [-0.1, -0.05) is 13.3 Å². The normalized spacial score (nSPS) is 25.1. The number of cyclic esters (lactones) is 1. The fraction of sp³-hybridized carbons (Fsp3) is 0.464. The maximum Gasteiger partial charge on any atom is 0.343 e. The van der Waals surface area contributed by atoms with Gasteiger partial charge < -0.3 is 19.0 Å². The highest BCUT2D eigenvalue weighted by molar-refractivity contribution is 5.88. The molecule has 4 aliphatic rings. The average Bonchev–Trinajstić information content (AvgIpc) is 3.47. The summed E-state index contributed by atoms with van der Waals surface area (Å²) in [5.41, 5.74) is -0.176. The molecule has 1 saturated heterocycles. The topological polar surface area (TPSA) is 93.8 Å². The van der Waals surface area contributed by atoms with Crippen molar-refractivity contribution in [1.82, 2.24) is 14.0 Å². The molecule has 1 aliphatic carbocycles. The lowest BCUT2D eigenvalue weighted by molar-refractivity contribution is -0.172. The van der Waals surface area contributed by atoms with Crippen LogP contribution in [0.2, 0.25) is 0 Å². The standard InChI is InChI=1S/C28H28FN3O5/c1-2-28(36)20-11-22-24-23(13-31(22)26(34)19(20)14-37-27(28)35)32(17-8-9-30(12-17)16-4-3-5-16)21-7-6-15(29)10-18(21)25(24)33/h6-7,10-11,16-17,36H,2-5,8-9,12-14H2,1H3/t17-,28+/m1/s1. The van der Waals surface area contributed by atoms with Crippen molar-refractivity contribution in [2.45, 2.75) is 69.9 Å². The van der Waals surface area contributed by atoms with E-state index >= 15 is 0 Å². The monoisotopic (exact) mass is 505 g/mol. The van der Waals surface area contributed by atoms with Crippen LogP contribution in [0.4, 0.5) is 4.39 Å². The van der Waals surface area contributed by atoms with Gasteiger partial charge in [0.2, 0.25) is 0 Å². The van der Waals surface area contributed by atoms with Crippen LogP contribution in [0.1, 0.15) is 61.9 Å². The van der Waals surface area contributed by atoms with E-state index in [2.05, 4.69) is 9.47 Å². The largest absolute Gasteiger partial charge is 0.458 e. The summed E-state index contributed by atoms with van der Waals surface area (Å²) in [6.45, 7) is 3.42. The van der Waals surface area contributed by atoms with Gasteiger partial charge in [0.05, 0.1) is 34.6 Å². The molecule has 37 heavy (non-hydrogen) atoms. The molecule has 1 N–H and O–H groups in total. The molecule has 2 aromatic heterocycles. The minimum atomic E-state index is -1.96. The second kappa shape index (κ2) is 7.85. The van der Waals surface area contributed by atoms with Crippen molar-refractivity contribution < 1.29 is 19.0 Å². The Morgan fingerprint density at radius 3 is 2.68 bits per heavy atom. The smallest absolute Gasteiger partial charge is 0.343 e. The molecule has 0 unspecified atom stereocenters. The van der Waals surface area contributed by atoms with Gasteiger partial charge in [0.25, 0.3) is 5.56 Å². The van der Waals surface area contributed by atoms with Crippen molar-refractivity contribution >= 4 is 16.9 Å². The number of aromatic nitrogens is 2. The lowest BCUT2D eigenvalue weighted by Gasteiger charge is -2.35. The fourth-order valence-electron chi connectivity index (χ4n) is 6.74. The first-order chi connectivity index (χ1) is 17.8. The van der Waals surface area contributed by atoms with Crippen LogP contribution in [-0.4, -0.2) is 44.2 Å². The average molecular weight is 506 g/mol. The van der Waals surface area contributed by atoms with Crippen LogP contribution in [-0.2, 0) is 28.3 Å². The Balaban J connectivity index is 1.48. The van der Waals surface area contributed by atoms with Crippen molar-refractivity contribution in [3.05, 3.63) is 67.5 Å². The van der Waals surface area contributed by atoms with Crippen LogP contribution in [0.5, 0.6) is 0 Å². The SMILES string of the molecule is CC[C@@]1(O)C(=O)OCc2c1cc1n(c2=O)Cc2c-1c(=O)c1cc(F)ccc1n2[C@@H]1CCN(C2CCC2)C1. The predicted molar refractivity (Wildman–Crippen MR) is 134 cm³/mol. The molecule has 5 heterocycles. The first-order valence-corrected chi connectivity index (χ1v) is 13.1. The van der Waals surface area contributed by atoms with Gasteiger partial charge in [-0.05, 0) is 49.9 Å². The number of benzene rings is 1. The molecule has 3 aliphatic heterocycles. The van der Waals surface area contributed by atoms with Gasteiger partial charge in [-0.2, -0.15) is 0 Å². The number of likely N-dealkylation sites (tertiary alicyclic amines) is 1. The van der Waals surface area contributed by atoms with Crippen molar-refractivity contribution in [2.24, 2.45) is 0 Å². The molecule has 7 rings (SSSR count). The first-order valence-electron chi connectivity index (χ1n) is 13.1. The van der Waals surface area contributed by atoms with Crippen molar-refractivity contribution in [1.29, 1.82) is 0 Å². The van der Waals surface area contributed by atoms with Crippen LogP contribution in [0.25, 0.3) is 22.2 Å². The van der Waals surface area contributed by atoms with E-state index in [-0.39, 0.29) is 53.1 Å². The minimum Gasteiger partial charge on any atom is -0.458 e. The van der Waals surface area contributed by atoms with E-state index in [0.29, 0.717) is 22.8 Å². The molecule has 3 aromatic rings. The summed E-state index contributed by atoms with van der Waals surface area (Å²) in [5, 5.41) is 11.4. The lowest BCUT2D eigenvalue weighted by Crippen LogP contribution is -2.44. The first kappa shape index (κ1) is 22.9. The Bertz CT molecular complexity index is 1620. The number of hydrogen-bond acceptors (Lipinski definition) is 6. The molecule has 0 bridgehead atoms. The van der Waals surface area contributed by atoms with Crippen molar-refractivity contribution in [2.75, 3.05) is 13.1 Å². The highest BCUT2D eigenvalue weighted by Gasteiger charge is 2.46. The number of rotatable bonds is 3. The number of halogens is 1. The predicted octanol–water partition coefficient (Wildman–Crippen LogP) is 2.78. The lowest BCUT2D eigenvalue weighted by atomic mass is 9.85. The van der Waals surface area contributed by atoms with E-state index in [0.717, 1.165) is 25.2 Å². The van der Waals surface area contributed by atoms with Crippen LogP contribution in [0.3, 0.4) is 0 Å². The van der Waals surface area contributed by atoms with Crippen LogP contribution in [0.15, 0.2) is 33.9 Å². The summed E-state index contributed by atoms with van der Waals surface area (Å²) in [6, 6.07) is 6.58. The summed E-state index contributed by atoms with van der Waals surface area (Å²) in [7, 11) is 0. The maximum atomic E-state index is 14.4. The molecular weight excluding hydrogens is 477 g/mol.